The van der Waals surface area contributed by atoms with Gasteiger partial charge in [-0.2, -0.15) is 0 Å². The lowest BCUT2D eigenvalue weighted by molar-refractivity contribution is -0.123. The van der Waals surface area contributed by atoms with Crippen molar-refractivity contribution in [1.29, 1.82) is 0 Å². The molecule has 0 aliphatic carbocycles. The van der Waals surface area contributed by atoms with Crippen molar-refractivity contribution in [2.45, 2.75) is 38.3 Å². The van der Waals surface area contributed by atoms with E-state index in [1.165, 1.54) is 0 Å². The molecule has 1 aliphatic rings. The predicted octanol–water partition coefficient (Wildman–Crippen LogP) is 2.00. The van der Waals surface area contributed by atoms with Gasteiger partial charge >= 0.3 is 0 Å². The number of halogens is 2. The van der Waals surface area contributed by atoms with E-state index >= 15 is 0 Å². The molecule has 4 nitrogen and oxygen atoms in total. The van der Waals surface area contributed by atoms with Crippen LogP contribution in [0.15, 0.2) is 30.3 Å². The zero-order chi connectivity index (χ0) is 14.4. The fourth-order valence-electron chi connectivity index (χ4n) is 2.73. The second-order valence-electron chi connectivity index (χ2n) is 5.54. The fourth-order valence-corrected chi connectivity index (χ4v) is 2.73. The lowest BCUT2D eigenvalue weighted by Gasteiger charge is -2.32. The van der Waals surface area contributed by atoms with Gasteiger partial charge in [0, 0.05) is 12.6 Å². The van der Waals surface area contributed by atoms with Gasteiger partial charge in [-0.3, -0.25) is 4.79 Å². The third-order valence-electron chi connectivity index (χ3n) is 3.93. The first-order valence-corrected chi connectivity index (χ1v) is 7.51. The Bertz CT molecular complexity index is 431. The summed E-state index contributed by atoms with van der Waals surface area (Å²) in [5.41, 5.74) is 7.11. The summed E-state index contributed by atoms with van der Waals surface area (Å²) in [4.78, 5) is 14.5. The van der Waals surface area contributed by atoms with E-state index in [-0.39, 0.29) is 36.8 Å². The average Bonchev–Trinajstić information content (AvgIpc) is 2.48. The maximum absolute atomic E-state index is 12.2. The van der Waals surface area contributed by atoms with E-state index in [0.717, 1.165) is 38.0 Å². The SMILES string of the molecule is CCN1CCCC(NC(=O)[C@@H](N)Cc2ccccc2)C1.Cl.Cl. The fraction of sp³-hybridized carbons (Fsp3) is 0.562. The first-order chi connectivity index (χ1) is 9.69. The molecule has 0 aromatic heterocycles. The lowest BCUT2D eigenvalue weighted by Crippen LogP contribution is -2.52. The normalized spacial score (nSPS) is 19.5. The predicted molar refractivity (Wildman–Crippen MR) is 95.9 cm³/mol. The summed E-state index contributed by atoms with van der Waals surface area (Å²) in [7, 11) is 0. The quantitative estimate of drug-likeness (QED) is 0.856. The van der Waals surface area contributed by atoms with Gasteiger partial charge < -0.3 is 16.0 Å². The molecule has 22 heavy (non-hydrogen) atoms. The number of hydrogen-bond donors (Lipinski definition) is 2. The van der Waals surface area contributed by atoms with Crippen LogP contribution in [-0.2, 0) is 11.2 Å². The van der Waals surface area contributed by atoms with Crippen LogP contribution in [-0.4, -0.2) is 42.5 Å². The molecule has 6 heteroatoms. The van der Waals surface area contributed by atoms with Crippen molar-refractivity contribution in [2.75, 3.05) is 19.6 Å². The number of rotatable bonds is 5. The van der Waals surface area contributed by atoms with Gasteiger partial charge in [0.2, 0.25) is 5.91 Å². The Balaban J connectivity index is 0.00000220. The van der Waals surface area contributed by atoms with Gasteiger partial charge in [0.1, 0.15) is 0 Å². The summed E-state index contributed by atoms with van der Waals surface area (Å²) in [6, 6.07) is 9.71. The Morgan fingerprint density at radius 3 is 2.68 bits per heavy atom. The molecule has 0 bridgehead atoms. The number of piperidine rings is 1. The summed E-state index contributed by atoms with van der Waals surface area (Å²) >= 11 is 0. The molecule has 2 rings (SSSR count). The molecular formula is C16H27Cl2N3O. The van der Waals surface area contributed by atoms with E-state index in [9.17, 15) is 4.79 Å². The van der Waals surface area contributed by atoms with E-state index < -0.39 is 6.04 Å². The zero-order valence-corrected chi connectivity index (χ0v) is 14.7. The minimum atomic E-state index is -0.464. The van der Waals surface area contributed by atoms with E-state index in [0.29, 0.717) is 6.42 Å². The molecule has 1 aromatic rings. The van der Waals surface area contributed by atoms with Crippen LogP contribution in [0.2, 0.25) is 0 Å². The van der Waals surface area contributed by atoms with Crippen molar-refractivity contribution in [2.24, 2.45) is 5.73 Å². The van der Waals surface area contributed by atoms with Crippen LogP contribution in [0.5, 0.6) is 0 Å². The van der Waals surface area contributed by atoms with Gasteiger partial charge in [-0.25, -0.2) is 0 Å². The lowest BCUT2D eigenvalue weighted by atomic mass is 10.0. The van der Waals surface area contributed by atoms with Crippen LogP contribution < -0.4 is 11.1 Å². The van der Waals surface area contributed by atoms with E-state index in [2.05, 4.69) is 17.1 Å². The number of likely N-dealkylation sites (N-methyl/N-ethyl adjacent to an activating group) is 1. The van der Waals surface area contributed by atoms with E-state index in [4.69, 9.17) is 5.73 Å². The summed E-state index contributed by atoms with van der Waals surface area (Å²) in [5.74, 6) is -0.0307. The van der Waals surface area contributed by atoms with Gasteiger partial charge in [-0.15, -0.1) is 24.8 Å². The Hall–Kier alpha value is -0.810. The zero-order valence-electron chi connectivity index (χ0n) is 13.0. The second kappa shape index (κ2) is 10.8. The molecule has 0 spiro atoms. The number of nitrogens with two attached hydrogens (primary N) is 1. The Kier molecular flexibility index (Phi) is 10.4. The minimum Gasteiger partial charge on any atom is -0.351 e. The van der Waals surface area contributed by atoms with Crippen molar-refractivity contribution >= 4 is 30.7 Å². The Morgan fingerprint density at radius 2 is 2.05 bits per heavy atom. The van der Waals surface area contributed by atoms with Gasteiger partial charge in [-0.05, 0) is 37.9 Å². The topological polar surface area (TPSA) is 58.4 Å². The number of benzene rings is 1. The molecule has 0 radical (unpaired) electrons. The largest absolute Gasteiger partial charge is 0.351 e. The molecule has 126 valence electrons. The van der Waals surface area contributed by atoms with Crippen molar-refractivity contribution in [1.82, 2.24) is 10.2 Å². The summed E-state index contributed by atoms with van der Waals surface area (Å²) in [6.07, 6.45) is 2.80. The van der Waals surface area contributed by atoms with Gasteiger partial charge in [0.05, 0.1) is 6.04 Å². The van der Waals surface area contributed by atoms with Crippen LogP contribution in [0.3, 0.4) is 0 Å². The number of amides is 1. The molecule has 3 N–H and O–H groups in total. The Labute approximate surface area is 145 Å². The van der Waals surface area contributed by atoms with Crippen molar-refractivity contribution in [3.63, 3.8) is 0 Å². The summed E-state index contributed by atoms with van der Waals surface area (Å²) in [5, 5.41) is 3.10. The molecule has 1 fully saturated rings. The first-order valence-electron chi connectivity index (χ1n) is 7.51. The maximum Gasteiger partial charge on any atom is 0.237 e. The van der Waals surface area contributed by atoms with Crippen LogP contribution >= 0.6 is 24.8 Å². The molecular weight excluding hydrogens is 321 g/mol. The molecule has 1 amide bonds. The van der Waals surface area contributed by atoms with Gasteiger partial charge in [0.25, 0.3) is 0 Å². The number of hydrogen-bond acceptors (Lipinski definition) is 3. The summed E-state index contributed by atoms with van der Waals surface area (Å²) < 4.78 is 0. The third kappa shape index (κ3) is 6.53. The van der Waals surface area contributed by atoms with E-state index in [1.807, 2.05) is 30.3 Å². The molecule has 2 atom stereocenters. The number of nitrogens with one attached hydrogen (secondary N) is 1. The highest BCUT2D eigenvalue weighted by atomic mass is 35.5. The molecule has 1 unspecified atom stereocenters. The monoisotopic (exact) mass is 347 g/mol. The van der Waals surface area contributed by atoms with Crippen molar-refractivity contribution in [3.05, 3.63) is 35.9 Å². The van der Waals surface area contributed by atoms with Crippen molar-refractivity contribution in [3.8, 4) is 0 Å². The number of likely N-dealkylation sites (tertiary alicyclic amines) is 1. The van der Waals surface area contributed by atoms with Crippen molar-refractivity contribution < 1.29 is 4.79 Å². The maximum atomic E-state index is 12.2. The molecule has 1 saturated heterocycles. The van der Waals surface area contributed by atoms with E-state index in [1.54, 1.807) is 0 Å². The number of nitrogens with zero attached hydrogens (tertiary/aromatic N) is 1. The number of carbonyl (C=O) groups excluding carboxylic acids is 1. The molecule has 1 aromatic carbocycles. The van der Waals surface area contributed by atoms with Gasteiger partial charge in [0.15, 0.2) is 0 Å². The smallest absolute Gasteiger partial charge is 0.237 e. The third-order valence-corrected chi connectivity index (χ3v) is 3.93. The van der Waals surface area contributed by atoms with Gasteiger partial charge in [-0.1, -0.05) is 37.3 Å². The summed E-state index contributed by atoms with van der Waals surface area (Å²) in [6.45, 7) is 5.28. The van der Waals surface area contributed by atoms with Crippen LogP contribution in [0, 0.1) is 0 Å². The number of carbonyl (C=O) groups is 1. The average molecular weight is 348 g/mol. The molecule has 1 aliphatic heterocycles. The minimum absolute atomic E-state index is 0. The van der Waals surface area contributed by atoms with Crippen LogP contribution in [0.1, 0.15) is 25.3 Å². The highest BCUT2D eigenvalue weighted by molar-refractivity contribution is 5.85. The highest BCUT2D eigenvalue weighted by Crippen LogP contribution is 2.10. The second-order valence-corrected chi connectivity index (χ2v) is 5.54. The first kappa shape index (κ1) is 21.2. The molecule has 1 heterocycles. The Morgan fingerprint density at radius 1 is 1.36 bits per heavy atom. The molecule has 0 saturated carbocycles. The standard InChI is InChI=1S/C16H25N3O.2ClH/c1-2-19-10-6-9-14(12-19)18-16(20)15(17)11-13-7-4-3-5-8-13;;/h3-5,7-8,14-15H,2,6,9-12,17H2,1H3,(H,18,20);2*1H/t14?,15-;;/m0../s1. The van der Waals surface area contributed by atoms with Crippen LogP contribution in [0.25, 0.3) is 0 Å². The highest BCUT2D eigenvalue weighted by Gasteiger charge is 2.22. The van der Waals surface area contributed by atoms with Crippen LogP contribution in [0.4, 0.5) is 0 Å².